The lowest BCUT2D eigenvalue weighted by Gasteiger charge is -2.47. The second-order valence-corrected chi connectivity index (χ2v) is 10.8. The highest BCUT2D eigenvalue weighted by Gasteiger charge is 2.45. The van der Waals surface area contributed by atoms with E-state index in [1.807, 2.05) is 31.4 Å². The van der Waals surface area contributed by atoms with Gasteiger partial charge in [-0.3, -0.25) is 9.78 Å². The molecule has 0 saturated heterocycles. The summed E-state index contributed by atoms with van der Waals surface area (Å²) in [5.41, 5.74) is 2.74. The molecule has 3 aromatic rings. The highest BCUT2D eigenvalue weighted by molar-refractivity contribution is 7.13. The molecule has 3 nitrogen and oxygen atoms in total. The third kappa shape index (κ3) is 3.89. The van der Waals surface area contributed by atoms with E-state index in [0.717, 1.165) is 48.4 Å². The van der Waals surface area contributed by atoms with Crippen molar-refractivity contribution < 1.29 is 23.1 Å². The number of hydrogen-bond donors (Lipinski definition) is 1. The molecule has 1 atom stereocenters. The van der Waals surface area contributed by atoms with Crippen LogP contribution in [0.5, 0.6) is 0 Å². The molecule has 0 amide bonds. The van der Waals surface area contributed by atoms with Crippen LogP contribution in [0.2, 0.25) is 0 Å². The lowest BCUT2D eigenvalue weighted by molar-refractivity contribution is -0.137. The van der Waals surface area contributed by atoms with Crippen molar-refractivity contribution in [2.24, 2.45) is 5.41 Å². The van der Waals surface area contributed by atoms with Crippen molar-refractivity contribution in [3.8, 4) is 10.4 Å². The number of ketones is 1. The van der Waals surface area contributed by atoms with E-state index in [-0.39, 0.29) is 22.7 Å². The fraction of sp³-hybridized carbons (Fsp3) is 0.407. The summed E-state index contributed by atoms with van der Waals surface area (Å²) in [5, 5.41) is 13.2. The van der Waals surface area contributed by atoms with Gasteiger partial charge in [0.05, 0.1) is 22.9 Å². The Balaban J connectivity index is 1.72. The Hall–Kier alpha value is -2.51. The molecule has 34 heavy (non-hydrogen) atoms. The molecule has 0 aliphatic heterocycles. The molecule has 1 fully saturated rings. The summed E-state index contributed by atoms with van der Waals surface area (Å²) in [7, 11) is 0. The van der Waals surface area contributed by atoms with Gasteiger partial charge in [-0.1, -0.05) is 38.5 Å². The Morgan fingerprint density at radius 1 is 1.18 bits per heavy atom. The quantitative estimate of drug-likeness (QED) is 0.394. The largest absolute Gasteiger partial charge is 0.416 e. The van der Waals surface area contributed by atoms with Crippen molar-refractivity contribution in [3.63, 3.8) is 0 Å². The maximum absolute atomic E-state index is 13.8. The normalized spacial score (nSPS) is 19.2. The van der Waals surface area contributed by atoms with E-state index in [4.69, 9.17) is 4.98 Å². The third-order valence-corrected chi connectivity index (χ3v) is 8.16. The first-order valence-corrected chi connectivity index (χ1v) is 12.5. The van der Waals surface area contributed by atoms with Crippen molar-refractivity contribution in [2.75, 3.05) is 0 Å². The summed E-state index contributed by atoms with van der Waals surface area (Å²) < 4.78 is 39.2. The first-order valence-electron chi connectivity index (χ1n) is 11.6. The number of carbonyl (C=O) groups excluding carboxylic acids is 1. The van der Waals surface area contributed by atoms with Crippen molar-refractivity contribution >= 4 is 17.1 Å². The summed E-state index contributed by atoms with van der Waals surface area (Å²) in [6, 6.07) is 8.16. The van der Waals surface area contributed by atoms with Gasteiger partial charge in [0, 0.05) is 27.3 Å². The van der Waals surface area contributed by atoms with Gasteiger partial charge in [0.15, 0.2) is 5.78 Å². The fourth-order valence-corrected chi connectivity index (χ4v) is 6.23. The minimum absolute atomic E-state index is 0.0752. The summed E-state index contributed by atoms with van der Waals surface area (Å²) in [4.78, 5) is 19.7. The van der Waals surface area contributed by atoms with Gasteiger partial charge in [-0.2, -0.15) is 13.2 Å². The number of halogens is 3. The minimum atomic E-state index is -4.47. The van der Waals surface area contributed by atoms with Crippen LogP contribution < -0.4 is 0 Å². The summed E-state index contributed by atoms with van der Waals surface area (Å²) >= 11 is 1.48. The van der Waals surface area contributed by atoms with Gasteiger partial charge >= 0.3 is 6.18 Å². The molecule has 1 aromatic carbocycles. The monoisotopic (exact) mass is 485 g/mol. The van der Waals surface area contributed by atoms with Crippen molar-refractivity contribution in [1.82, 2.24) is 4.98 Å². The smallest absolute Gasteiger partial charge is 0.388 e. The number of benzene rings is 1. The standard InChI is InChI=1S/C27H26F3NO2S/c1-15(2)24-23(25(33)16-6-8-17(9-7-16)27(28,29)30)22(20-5-3-12-34-20)21-18(31-24)13-26(10-4-11-26)14-19(21)32/h3,5-9,12,15,19,32H,4,10-11,13-14H2,1-2H3/t19-/m0/s1. The number of fused-ring (bicyclic) bond motifs is 1. The first kappa shape index (κ1) is 23.2. The zero-order valence-corrected chi connectivity index (χ0v) is 19.9. The van der Waals surface area contributed by atoms with Gasteiger partial charge in [-0.25, -0.2) is 0 Å². The highest BCUT2D eigenvalue weighted by atomic mass is 32.1. The molecule has 5 rings (SSSR count). The Bertz CT molecular complexity index is 1230. The first-order chi connectivity index (χ1) is 16.1. The van der Waals surface area contributed by atoms with E-state index in [2.05, 4.69) is 0 Å². The SMILES string of the molecule is CC(C)c1nc2c(c(-c3cccs3)c1C(=O)c1ccc(C(F)(F)F)cc1)[C@@H](O)CC1(CCC1)C2. The predicted molar refractivity (Wildman–Crippen MR) is 126 cm³/mol. The Labute approximate surface area is 200 Å². The molecule has 1 N–H and O–H groups in total. The molecule has 0 bridgehead atoms. The van der Waals surface area contributed by atoms with Crippen molar-refractivity contribution in [3.05, 3.63) is 75.4 Å². The van der Waals surface area contributed by atoms with E-state index in [0.29, 0.717) is 28.8 Å². The fourth-order valence-electron chi connectivity index (χ4n) is 5.44. The van der Waals surface area contributed by atoms with Crippen molar-refractivity contribution in [2.45, 2.75) is 64.1 Å². The van der Waals surface area contributed by atoms with Crippen LogP contribution in [0.1, 0.15) is 90.0 Å². The van der Waals surface area contributed by atoms with E-state index in [9.17, 15) is 23.1 Å². The zero-order valence-electron chi connectivity index (χ0n) is 19.1. The van der Waals surface area contributed by atoms with Crippen molar-refractivity contribution in [1.29, 1.82) is 0 Å². The molecule has 1 saturated carbocycles. The Morgan fingerprint density at radius 2 is 1.88 bits per heavy atom. The number of aromatic nitrogens is 1. The molecular formula is C27H26F3NO2S. The number of thiophene rings is 1. The molecule has 0 radical (unpaired) electrons. The molecule has 7 heteroatoms. The van der Waals surface area contributed by atoms with Gasteiger partial charge in [0.1, 0.15) is 0 Å². The summed E-state index contributed by atoms with van der Waals surface area (Å²) in [6.07, 6.45) is -0.468. The van der Waals surface area contributed by atoms with Gasteiger partial charge < -0.3 is 5.11 Å². The van der Waals surface area contributed by atoms with Gasteiger partial charge in [-0.15, -0.1) is 11.3 Å². The maximum Gasteiger partial charge on any atom is 0.416 e. The number of hydrogen-bond acceptors (Lipinski definition) is 4. The number of aliphatic hydroxyl groups excluding tert-OH is 1. The predicted octanol–water partition coefficient (Wildman–Crippen LogP) is 7.33. The molecule has 2 aliphatic rings. The number of rotatable bonds is 4. The average molecular weight is 486 g/mol. The van der Waals surface area contributed by atoms with E-state index in [1.165, 1.54) is 23.5 Å². The second-order valence-electron chi connectivity index (χ2n) is 9.89. The van der Waals surface area contributed by atoms with E-state index < -0.39 is 17.8 Å². The third-order valence-electron chi connectivity index (χ3n) is 7.27. The number of pyridine rings is 1. The number of alkyl halides is 3. The van der Waals surface area contributed by atoms with Crippen LogP contribution >= 0.6 is 11.3 Å². The topological polar surface area (TPSA) is 50.2 Å². The molecule has 2 heterocycles. The minimum Gasteiger partial charge on any atom is -0.388 e. The molecular weight excluding hydrogens is 459 g/mol. The number of carbonyl (C=O) groups is 1. The maximum atomic E-state index is 13.8. The van der Waals surface area contributed by atoms with Crippen LogP contribution in [0.3, 0.4) is 0 Å². The van der Waals surface area contributed by atoms with Crippen LogP contribution in [0.25, 0.3) is 10.4 Å². The van der Waals surface area contributed by atoms with E-state index >= 15 is 0 Å². The Kier molecular flexibility index (Phi) is 5.68. The van der Waals surface area contributed by atoms with Crippen LogP contribution in [-0.4, -0.2) is 15.9 Å². The molecule has 1 spiro atoms. The number of aliphatic hydroxyl groups is 1. The van der Waals surface area contributed by atoms with Crippen LogP contribution in [0.4, 0.5) is 13.2 Å². The lowest BCUT2D eigenvalue weighted by Crippen LogP contribution is -2.38. The van der Waals surface area contributed by atoms with Gasteiger partial charge in [0.2, 0.25) is 0 Å². The van der Waals surface area contributed by atoms with E-state index in [1.54, 1.807) is 0 Å². The highest BCUT2D eigenvalue weighted by Crippen LogP contribution is 2.55. The summed E-state index contributed by atoms with van der Waals surface area (Å²) in [6.45, 7) is 3.93. The lowest BCUT2D eigenvalue weighted by atomic mass is 9.59. The van der Waals surface area contributed by atoms with Crippen LogP contribution in [0.15, 0.2) is 41.8 Å². The Morgan fingerprint density at radius 3 is 2.41 bits per heavy atom. The molecule has 0 unspecified atom stereocenters. The zero-order chi connectivity index (χ0) is 24.3. The second kappa shape index (κ2) is 8.31. The van der Waals surface area contributed by atoms with Gasteiger partial charge in [0.25, 0.3) is 0 Å². The molecule has 178 valence electrons. The van der Waals surface area contributed by atoms with Crippen LogP contribution in [-0.2, 0) is 12.6 Å². The number of nitrogens with zero attached hydrogens (tertiary/aromatic N) is 1. The molecule has 2 aliphatic carbocycles. The molecule has 2 aromatic heterocycles. The van der Waals surface area contributed by atoms with Gasteiger partial charge in [-0.05, 0) is 60.6 Å². The summed E-state index contributed by atoms with van der Waals surface area (Å²) in [5.74, 6) is -0.443. The average Bonchev–Trinajstić information content (AvgIpc) is 3.30. The van der Waals surface area contributed by atoms with Crippen LogP contribution in [0, 0.1) is 5.41 Å².